The molecule has 0 aliphatic carbocycles. The summed E-state index contributed by atoms with van der Waals surface area (Å²) in [5, 5.41) is 12.9. The third-order valence-electron chi connectivity index (χ3n) is 8.47. The highest BCUT2D eigenvalue weighted by Crippen LogP contribution is 2.46. The normalized spacial score (nSPS) is 20.2. The number of nitrogens with one attached hydrogen (secondary N) is 1. The number of para-hydroxylation sites is 1. The highest BCUT2D eigenvalue weighted by molar-refractivity contribution is 6.07. The van der Waals surface area contributed by atoms with E-state index in [9.17, 15) is 37.6 Å². The lowest BCUT2D eigenvalue weighted by Crippen LogP contribution is -2.52. The van der Waals surface area contributed by atoms with Gasteiger partial charge < -0.3 is 19.9 Å². The molecule has 2 aliphatic heterocycles. The van der Waals surface area contributed by atoms with E-state index in [0.29, 0.717) is 23.4 Å². The topological polar surface area (TPSA) is 120 Å². The molecule has 4 atom stereocenters. The predicted octanol–water partition coefficient (Wildman–Crippen LogP) is 4.88. The fourth-order valence-corrected chi connectivity index (χ4v) is 6.19. The van der Waals surface area contributed by atoms with Gasteiger partial charge in [-0.25, -0.2) is 13.2 Å². The van der Waals surface area contributed by atoms with Crippen LogP contribution in [0, 0.1) is 40.6 Å². The van der Waals surface area contributed by atoms with Crippen molar-refractivity contribution in [1.29, 1.82) is 5.26 Å². The van der Waals surface area contributed by atoms with Gasteiger partial charge in [-0.3, -0.25) is 19.2 Å². The van der Waals surface area contributed by atoms with Crippen LogP contribution in [0.15, 0.2) is 36.4 Å². The maximum absolute atomic E-state index is 14.6. The summed E-state index contributed by atoms with van der Waals surface area (Å²) >= 11 is 0. The lowest BCUT2D eigenvalue weighted by Gasteiger charge is -2.34. The summed E-state index contributed by atoms with van der Waals surface area (Å²) in [6.07, 6.45) is -0.682. The molecule has 0 aromatic heterocycles. The molecule has 0 bridgehead atoms. The highest BCUT2D eigenvalue weighted by atomic mass is 19.2. The summed E-state index contributed by atoms with van der Waals surface area (Å²) in [5.41, 5.74) is -1.07. The number of carbonyl (C=O) groups is 4. The first kappa shape index (κ1) is 34.5. The summed E-state index contributed by atoms with van der Waals surface area (Å²) in [4.78, 5) is 56.9. The number of nitrogens with zero attached hydrogens (tertiary/aromatic N) is 3. The molecule has 0 unspecified atom stereocenters. The maximum atomic E-state index is 14.6. The van der Waals surface area contributed by atoms with Gasteiger partial charge in [0.1, 0.15) is 23.5 Å². The van der Waals surface area contributed by atoms with E-state index in [0.717, 1.165) is 0 Å². The largest absolute Gasteiger partial charge is 0.460 e. The van der Waals surface area contributed by atoms with E-state index in [-0.39, 0.29) is 36.8 Å². The zero-order chi connectivity index (χ0) is 34.1. The molecule has 9 nitrogen and oxygen atoms in total. The van der Waals surface area contributed by atoms with Crippen LogP contribution in [0.1, 0.15) is 65.0 Å². The summed E-state index contributed by atoms with van der Waals surface area (Å²) in [7, 11) is 1.41. The number of fused-ring (bicyclic) bond motifs is 2. The molecule has 246 valence electrons. The van der Waals surface area contributed by atoms with Crippen LogP contribution in [0.3, 0.4) is 0 Å². The van der Waals surface area contributed by atoms with Crippen LogP contribution in [0.2, 0.25) is 0 Å². The Hall–Kier alpha value is -4.40. The summed E-state index contributed by atoms with van der Waals surface area (Å²) in [5.74, 6) is -7.46. The van der Waals surface area contributed by atoms with Crippen LogP contribution >= 0.6 is 0 Å². The SMILES string of the molecule is CC(C)C[C@@H](C(=O)N1C[C@]2(C[C@H]1C#N)C(=O)Nc1ccccc12)N(C)C(=O)C[C@@H](Cc1cc(F)c(F)cc1F)C(=O)OC(C)(C)C. The van der Waals surface area contributed by atoms with Gasteiger partial charge >= 0.3 is 5.97 Å². The standard InChI is InChI=1S/C34H39F3N4O5/c1-19(2)11-28(30(43)41-18-34(16-22(41)17-38)23-9-7-8-10-27(23)39-32(34)45)40(6)29(42)14-21(31(44)46-33(3,4)5)12-20-13-25(36)26(37)15-24(20)35/h7-10,13,15,19,21-22,28H,11-12,14,16,18H2,1-6H3,(H,39,45)/t21-,22+,28+,34+/m1/s1. The molecule has 0 saturated carbocycles. The Kier molecular flexibility index (Phi) is 9.85. The van der Waals surface area contributed by atoms with Gasteiger partial charge in [-0.1, -0.05) is 32.0 Å². The van der Waals surface area contributed by atoms with E-state index in [1.165, 1.54) is 16.8 Å². The van der Waals surface area contributed by atoms with Gasteiger partial charge in [0.2, 0.25) is 17.7 Å². The number of hydrogen-bond acceptors (Lipinski definition) is 6. The van der Waals surface area contributed by atoms with Gasteiger partial charge in [0.05, 0.1) is 17.4 Å². The molecule has 12 heteroatoms. The van der Waals surface area contributed by atoms with Crippen LogP contribution < -0.4 is 5.32 Å². The van der Waals surface area contributed by atoms with Gasteiger partial charge in [0.15, 0.2) is 11.6 Å². The number of likely N-dealkylation sites (N-methyl/N-ethyl adjacent to an activating group) is 1. The lowest BCUT2D eigenvalue weighted by atomic mass is 9.80. The number of esters is 1. The highest BCUT2D eigenvalue weighted by Gasteiger charge is 2.56. The Balaban J connectivity index is 1.61. The van der Waals surface area contributed by atoms with Gasteiger partial charge in [-0.05, 0) is 62.8 Å². The smallest absolute Gasteiger partial charge is 0.310 e. The average molecular weight is 641 g/mol. The van der Waals surface area contributed by atoms with Crippen molar-refractivity contribution in [2.75, 3.05) is 18.9 Å². The Labute approximate surface area is 266 Å². The van der Waals surface area contributed by atoms with Crippen LogP contribution in [0.25, 0.3) is 0 Å². The van der Waals surface area contributed by atoms with E-state index < -0.39 is 77.1 Å². The zero-order valence-corrected chi connectivity index (χ0v) is 26.8. The minimum Gasteiger partial charge on any atom is -0.460 e. The fraction of sp³-hybridized carbons (Fsp3) is 0.500. The van der Waals surface area contributed by atoms with Crippen molar-refractivity contribution in [3.63, 3.8) is 0 Å². The molecule has 2 aromatic carbocycles. The van der Waals surface area contributed by atoms with Gasteiger partial charge in [-0.15, -0.1) is 0 Å². The molecular weight excluding hydrogens is 601 g/mol. The van der Waals surface area contributed by atoms with Crippen molar-refractivity contribution < 1.29 is 37.1 Å². The molecule has 2 aliphatic rings. The lowest BCUT2D eigenvalue weighted by molar-refractivity contribution is -0.162. The summed E-state index contributed by atoms with van der Waals surface area (Å²) in [6.45, 7) is 8.51. The van der Waals surface area contributed by atoms with E-state index in [1.807, 2.05) is 13.8 Å². The van der Waals surface area contributed by atoms with Crippen LogP contribution in [-0.4, -0.2) is 64.8 Å². The molecule has 2 heterocycles. The Morgan fingerprint density at radius 1 is 1.13 bits per heavy atom. The second-order valence-electron chi connectivity index (χ2n) is 13.5. The van der Waals surface area contributed by atoms with Gasteiger partial charge in [0, 0.05) is 38.2 Å². The number of carbonyl (C=O) groups excluding carboxylic acids is 4. The number of anilines is 1. The molecular formula is C34H39F3N4O5. The van der Waals surface area contributed by atoms with Crippen molar-refractivity contribution in [2.45, 2.75) is 83.4 Å². The van der Waals surface area contributed by atoms with Crippen LogP contribution in [-0.2, 0) is 35.8 Å². The fourth-order valence-electron chi connectivity index (χ4n) is 6.19. The average Bonchev–Trinajstić information content (AvgIpc) is 3.50. The van der Waals surface area contributed by atoms with Gasteiger partial charge in [0.25, 0.3) is 0 Å². The minimum atomic E-state index is -1.39. The minimum absolute atomic E-state index is 0.0561. The molecule has 0 radical (unpaired) electrons. The van der Waals surface area contributed by atoms with Crippen LogP contribution in [0.4, 0.5) is 18.9 Å². The number of halogens is 3. The monoisotopic (exact) mass is 640 g/mol. The van der Waals surface area contributed by atoms with E-state index in [4.69, 9.17) is 4.74 Å². The summed E-state index contributed by atoms with van der Waals surface area (Å²) < 4.78 is 47.6. The Morgan fingerprint density at radius 3 is 2.41 bits per heavy atom. The number of nitriles is 1. The van der Waals surface area contributed by atoms with E-state index in [2.05, 4.69) is 11.4 Å². The second-order valence-corrected chi connectivity index (χ2v) is 13.5. The van der Waals surface area contributed by atoms with Crippen molar-refractivity contribution in [3.8, 4) is 6.07 Å². The van der Waals surface area contributed by atoms with Crippen molar-refractivity contribution >= 4 is 29.4 Å². The molecule has 3 amide bonds. The molecule has 4 rings (SSSR count). The molecule has 1 spiro atoms. The molecule has 1 saturated heterocycles. The van der Waals surface area contributed by atoms with Gasteiger partial charge in [-0.2, -0.15) is 5.26 Å². The van der Waals surface area contributed by atoms with Crippen molar-refractivity contribution in [2.24, 2.45) is 11.8 Å². The number of likely N-dealkylation sites (tertiary alicyclic amines) is 1. The molecule has 1 fully saturated rings. The number of rotatable bonds is 9. The first-order chi connectivity index (χ1) is 21.5. The quantitative estimate of drug-likeness (QED) is 0.308. The number of benzene rings is 2. The first-order valence-electron chi connectivity index (χ1n) is 15.2. The van der Waals surface area contributed by atoms with E-state index in [1.54, 1.807) is 45.0 Å². The zero-order valence-electron chi connectivity index (χ0n) is 26.8. The third kappa shape index (κ3) is 7.03. The molecule has 46 heavy (non-hydrogen) atoms. The van der Waals surface area contributed by atoms with Crippen LogP contribution in [0.5, 0.6) is 0 Å². The van der Waals surface area contributed by atoms with Crippen molar-refractivity contribution in [3.05, 3.63) is 65.0 Å². The van der Waals surface area contributed by atoms with Crippen molar-refractivity contribution in [1.82, 2.24) is 9.80 Å². The Bertz CT molecular complexity index is 1580. The van der Waals surface area contributed by atoms with E-state index >= 15 is 0 Å². The maximum Gasteiger partial charge on any atom is 0.310 e. The predicted molar refractivity (Wildman–Crippen MR) is 162 cm³/mol. The molecule has 2 aromatic rings. The first-order valence-corrected chi connectivity index (χ1v) is 15.2. The summed E-state index contributed by atoms with van der Waals surface area (Å²) in [6, 6.07) is 8.29. The number of amides is 3. The molecule has 1 N–H and O–H groups in total. The number of ether oxygens (including phenoxy) is 1. The second kappa shape index (κ2) is 13.1. The third-order valence-corrected chi connectivity index (χ3v) is 8.47. The Morgan fingerprint density at radius 2 is 1.78 bits per heavy atom. The number of hydrogen-bond donors (Lipinski definition) is 1.